The standard InChI is InChI=1S/C8H8F10O/c1-5(9,10)3(7(13,14)15)19-4(6(2,11)12)8(16,17)18/h3-4H,1-2H3. The van der Waals surface area contributed by atoms with Gasteiger partial charge in [0.15, 0.2) is 0 Å². The summed E-state index contributed by atoms with van der Waals surface area (Å²) in [5, 5.41) is 0. The van der Waals surface area contributed by atoms with Gasteiger partial charge >= 0.3 is 12.4 Å². The summed E-state index contributed by atoms with van der Waals surface area (Å²) in [6, 6.07) is 0. The van der Waals surface area contributed by atoms with Gasteiger partial charge in [-0.3, -0.25) is 0 Å². The van der Waals surface area contributed by atoms with Gasteiger partial charge in [-0.25, -0.2) is 17.6 Å². The van der Waals surface area contributed by atoms with E-state index < -0.39 is 36.4 Å². The largest absolute Gasteiger partial charge is 0.420 e. The van der Waals surface area contributed by atoms with Crippen molar-refractivity contribution in [1.82, 2.24) is 0 Å². The van der Waals surface area contributed by atoms with Gasteiger partial charge in [-0.1, -0.05) is 0 Å². The van der Waals surface area contributed by atoms with Crippen LogP contribution in [0.4, 0.5) is 43.9 Å². The summed E-state index contributed by atoms with van der Waals surface area (Å²) >= 11 is 0. The third-order valence-electron chi connectivity index (χ3n) is 1.79. The van der Waals surface area contributed by atoms with Crippen LogP contribution in [0.5, 0.6) is 0 Å². The van der Waals surface area contributed by atoms with E-state index in [4.69, 9.17) is 0 Å². The Labute approximate surface area is 100 Å². The third-order valence-corrected chi connectivity index (χ3v) is 1.79. The minimum absolute atomic E-state index is 0.383. The van der Waals surface area contributed by atoms with Gasteiger partial charge in [0.1, 0.15) is 0 Å². The average Bonchev–Trinajstić information content (AvgIpc) is 1.91. The Morgan fingerprint density at radius 3 is 0.895 bits per heavy atom. The highest BCUT2D eigenvalue weighted by Crippen LogP contribution is 2.41. The molecule has 0 fully saturated rings. The minimum Gasteiger partial charge on any atom is -0.344 e. The number of rotatable bonds is 4. The van der Waals surface area contributed by atoms with E-state index in [2.05, 4.69) is 4.74 Å². The molecule has 2 atom stereocenters. The SMILES string of the molecule is CC(F)(F)C(OC(C(C)(F)F)C(F)(F)F)C(F)(F)F. The van der Waals surface area contributed by atoms with Crippen LogP contribution in [0.25, 0.3) is 0 Å². The van der Waals surface area contributed by atoms with Crippen LogP contribution in [0.2, 0.25) is 0 Å². The van der Waals surface area contributed by atoms with Crippen LogP contribution in [0.3, 0.4) is 0 Å². The van der Waals surface area contributed by atoms with Crippen molar-refractivity contribution >= 4 is 0 Å². The molecule has 0 aromatic heterocycles. The molecule has 11 heteroatoms. The van der Waals surface area contributed by atoms with Crippen molar-refractivity contribution in [3.05, 3.63) is 0 Å². The van der Waals surface area contributed by atoms with Crippen molar-refractivity contribution in [3.8, 4) is 0 Å². The first-order valence-electron chi connectivity index (χ1n) is 4.52. The summed E-state index contributed by atoms with van der Waals surface area (Å²) in [4.78, 5) is 0. The number of ether oxygens (including phenoxy) is 1. The molecule has 0 saturated carbocycles. The summed E-state index contributed by atoms with van der Waals surface area (Å²) in [5.74, 6) is -9.62. The monoisotopic (exact) mass is 310 g/mol. The zero-order valence-electron chi connectivity index (χ0n) is 9.34. The predicted molar refractivity (Wildman–Crippen MR) is 42.0 cm³/mol. The maximum Gasteiger partial charge on any atom is 0.420 e. The van der Waals surface area contributed by atoms with Gasteiger partial charge in [-0.15, -0.1) is 0 Å². The van der Waals surface area contributed by atoms with Crippen molar-refractivity contribution in [2.45, 2.75) is 50.3 Å². The second-order valence-electron chi connectivity index (χ2n) is 3.89. The molecule has 0 bridgehead atoms. The van der Waals surface area contributed by atoms with Crippen LogP contribution in [0.15, 0.2) is 0 Å². The topological polar surface area (TPSA) is 9.23 Å². The quantitative estimate of drug-likeness (QED) is 0.708. The van der Waals surface area contributed by atoms with Crippen molar-refractivity contribution in [2.24, 2.45) is 0 Å². The van der Waals surface area contributed by atoms with Crippen LogP contribution in [-0.2, 0) is 4.74 Å². The normalized spacial score (nSPS) is 18.3. The van der Waals surface area contributed by atoms with E-state index in [1.807, 2.05) is 0 Å². The molecular formula is C8H8F10O. The highest BCUT2D eigenvalue weighted by Gasteiger charge is 2.62. The Kier molecular flexibility index (Phi) is 4.79. The molecule has 1 nitrogen and oxygen atoms in total. The molecule has 0 aliphatic rings. The van der Waals surface area contributed by atoms with E-state index in [0.29, 0.717) is 0 Å². The molecule has 2 unspecified atom stereocenters. The lowest BCUT2D eigenvalue weighted by Gasteiger charge is -2.33. The second-order valence-corrected chi connectivity index (χ2v) is 3.89. The van der Waals surface area contributed by atoms with Crippen LogP contribution in [0, 0.1) is 0 Å². The molecule has 0 aromatic rings. The first kappa shape index (κ1) is 18.3. The second kappa shape index (κ2) is 4.98. The van der Waals surface area contributed by atoms with Gasteiger partial charge in [0, 0.05) is 13.8 Å². The molecule has 19 heavy (non-hydrogen) atoms. The van der Waals surface area contributed by atoms with Crippen molar-refractivity contribution in [2.75, 3.05) is 0 Å². The summed E-state index contributed by atoms with van der Waals surface area (Å²) < 4.78 is 126. The van der Waals surface area contributed by atoms with Crippen LogP contribution in [0.1, 0.15) is 13.8 Å². The highest BCUT2D eigenvalue weighted by molar-refractivity contribution is 4.87. The zero-order valence-corrected chi connectivity index (χ0v) is 9.34. The zero-order chi connectivity index (χ0) is 15.9. The van der Waals surface area contributed by atoms with Crippen LogP contribution in [-0.4, -0.2) is 36.4 Å². The minimum atomic E-state index is -5.94. The van der Waals surface area contributed by atoms with E-state index in [-0.39, 0.29) is 13.8 Å². The van der Waals surface area contributed by atoms with Crippen molar-refractivity contribution in [3.63, 3.8) is 0 Å². The Morgan fingerprint density at radius 2 is 0.789 bits per heavy atom. The Hall–Kier alpha value is -0.740. The lowest BCUT2D eigenvalue weighted by Crippen LogP contribution is -2.54. The number of hydrogen-bond acceptors (Lipinski definition) is 1. The molecule has 0 spiro atoms. The number of halogens is 10. The maximum absolute atomic E-state index is 12.6. The van der Waals surface area contributed by atoms with Gasteiger partial charge in [-0.05, 0) is 0 Å². The fourth-order valence-electron chi connectivity index (χ4n) is 1.10. The van der Waals surface area contributed by atoms with E-state index >= 15 is 0 Å². The van der Waals surface area contributed by atoms with E-state index in [1.54, 1.807) is 0 Å². The van der Waals surface area contributed by atoms with E-state index in [9.17, 15) is 43.9 Å². The van der Waals surface area contributed by atoms with Gasteiger partial charge in [0.05, 0.1) is 0 Å². The molecule has 116 valence electrons. The molecule has 0 heterocycles. The van der Waals surface area contributed by atoms with Crippen molar-refractivity contribution < 1.29 is 48.6 Å². The lowest BCUT2D eigenvalue weighted by atomic mass is 10.1. The number of hydrogen-bond donors (Lipinski definition) is 0. The molecule has 0 aliphatic heterocycles. The average molecular weight is 310 g/mol. The highest BCUT2D eigenvalue weighted by atomic mass is 19.4. The Balaban J connectivity index is 5.43. The summed E-state index contributed by atoms with van der Waals surface area (Å²) in [7, 11) is 0. The van der Waals surface area contributed by atoms with Gasteiger partial charge < -0.3 is 4.74 Å². The fourth-order valence-corrected chi connectivity index (χ4v) is 1.10. The molecule has 0 saturated heterocycles. The smallest absolute Gasteiger partial charge is 0.344 e. The van der Waals surface area contributed by atoms with Gasteiger partial charge in [-0.2, -0.15) is 26.3 Å². The molecule has 0 radical (unpaired) electrons. The molecule has 0 N–H and O–H groups in total. The maximum atomic E-state index is 12.6. The van der Waals surface area contributed by atoms with Gasteiger partial charge in [0.25, 0.3) is 11.8 Å². The van der Waals surface area contributed by atoms with Crippen LogP contribution < -0.4 is 0 Å². The molecule has 0 aromatic carbocycles. The Morgan fingerprint density at radius 1 is 0.579 bits per heavy atom. The summed E-state index contributed by atoms with van der Waals surface area (Å²) in [5.41, 5.74) is 0. The van der Waals surface area contributed by atoms with E-state index in [1.165, 1.54) is 0 Å². The summed E-state index contributed by atoms with van der Waals surface area (Å²) in [6.45, 7) is -0.765. The van der Waals surface area contributed by atoms with Crippen molar-refractivity contribution in [1.29, 1.82) is 0 Å². The van der Waals surface area contributed by atoms with E-state index in [0.717, 1.165) is 0 Å². The molecule has 0 aliphatic carbocycles. The molecular weight excluding hydrogens is 302 g/mol. The molecule has 0 amide bonds. The molecule has 0 rings (SSSR count). The lowest BCUT2D eigenvalue weighted by molar-refractivity contribution is -0.352. The number of alkyl halides is 10. The summed E-state index contributed by atoms with van der Waals surface area (Å²) in [6.07, 6.45) is -20.5. The predicted octanol–water partition coefficient (Wildman–Crippen LogP) is 4.18. The first-order chi connectivity index (χ1) is 7.97. The Bertz CT molecular complexity index is 235. The van der Waals surface area contributed by atoms with Crippen LogP contribution >= 0.6 is 0 Å². The van der Waals surface area contributed by atoms with Gasteiger partial charge in [0.2, 0.25) is 12.2 Å². The fraction of sp³-hybridized carbons (Fsp3) is 1.00. The third kappa shape index (κ3) is 5.41. The first-order valence-corrected chi connectivity index (χ1v) is 4.52.